The van der Waals surface area contributed by atoms with Gasteiger partial charge < -0.3 is 5.32 Å². The molecule has 0 spiro atoms. The van der Waals surface area contributed by atoms with Crippen molar-refractivity contribution in [1.82, 2.24) is 0 Å². The molecule has 1 aromatic rings. The molecule has 0 bridgehead atoms. The van der Waals surface area contributed by atoms with Gasteiger partial charge in [-0.25, -0.2) is 8.42 Å². The van der Waals surface area contributed by atoms with Crippen LogP contribution >= 0.6 is 0 Å². The third-order valence-corrected chi connectivity index (χ3v) is 5.52. The SMILES string of the molecule is CCC(CC1CC1)Nc1ccc(S(=O)(=O)CC)cc1. The third kappa shape index (κ3) is 3.96. The first-order valence-corrected chi connectivity index (χ1v) is 8.79. The van der Waals surface area contributed by atoms with Crippen LogP contribution in [-0.4, -0.2) is 20.2 Å². The van der Waals surface area contributed by atoms with Crippen LogP contribution in [-0.2, 0) is 9.84 Å². The van der Waals surface area contributed by atoms with E-state index >= 15 is 0 Å². The maximum atomic E-state index is 11.7. The molecule has 0 heterocycles. The Hall–Kier alpha value is -1.03. The first-order chi connectivity index (χ1) is 9.05. The smallest absolute Gasteiger partial charge is 0.178 e. The Bertz CT molecular complexity index is 503. The fourth-order valence-electron chi connectivity index (χ4n) is 2.24. The Morgan fingerprint density at radius 2 is 1.84 bits per heavy atom. The molecule has 0 amide bonds. The first-order valence-electron chi connectivity index (χ1n) is 7.14. The molecule has 1 fully saturated rings. The first kappa shape index (κ1) is 14.4. The van der Waals surface area contributed by atoms with Crippen LogP contribution in [0.3, 0.4) is 0 Å². The molecule has 19 heavy (non-hydrogen) atoms. The lowest BCUT2D eigenvalue weighted by Crippen LogP contribution is -2.19. The summed E-state index contributed by atoms with van der Waals surface area (Å²) >= 11 is 0. The minimum Gasteiger partial charge on any atom is -0.382 e. The molecular weight excluding hydrogens is 258 g/mol. The van der Waals surface area contributed by atoms with Crippen molar-refractivity contribution in [2.45, 2.75) is 50.5 Å². The van der Waals surface area contributed by atoms with E-state index in [4.69, 9.17) is 0 Å². The molecule has 1 aliphatic carbocycles. The number of rotatable bonds is 7. The summed E-state index contributed by atoms with van der Waals surface area (Å²) < 4.78 is 23.4. The normalized spacial score (nSPS) is 17.2. The van der Waals surface area contributed by atoms with E-state index in [2.05, 4.69) is 12.2 Å². The molecule has 4 heteroatoms. The summed E-state index contributed by atoms with van der Waals surface area (Å²) in [6.07, 6.45) is 5.06. The van der Waals surface area contributed by atoms with Gasteiger partial charge in [-0.2, -0.15) is 0 Å². The molecule has 0 aromatic heterocycles. The summed E-state index contributed by atoms with van der Waals surface area (Å²) in [4.78, 5) is 0.413. The lowest BCUT2D eigenvalue weighted by molar-refractivity contribution is 0.587. The highest BCUT2D eigenvalue weighted by molar-refractivity contribution is 7.91. The van der Waals surface area contributed by atoms with Gasteiger partial charge in [0.05, 0.1) is 10.6 Å². The number of benzene rings is 1. The zero-order chi connectivity index (χ0) is 13.9. The average Bonchev–Trinajstić information content (AvgIpc) is 3.22. The number of sulfone groups is 1. The van der Waals surface area contributed by atoms with Gasteiger partial charge in [-0.05, 0) is 43.0 Å². The van der Waals surface area contributed by atoms with Crippen molar-refractivity contribution in [2.75, 3.05) is 11.1 Å². The van der Waals surface area contributed by atoms with E-state index in [0.717, 1.165) is 18.0 Å². The van der Waals surface area contributed by atoms with Crippen LogP contribution in [0.1, 0.15) is 39.5 Å². The van der Waals surface area contributed by atoms with E-state index < -0.39 is 9.84 Å². The molecule has 0 radical (unpaired) electrons. The lowest BCUT2D eigenvalue weighted by atomic mass is 10.1. The van der Waals surface area contributed by atoms with Crippen LogP contribution in [0.4, 0.5) is 5.69 Å². The molecule has 1 aromatic carbocycles. The van der Waals surface area contributed by atoms with Crippen molar-refractivity contribution in [2.24, 2.45) is 5.92 Å². The molecule has 1 atom stereocenters. The highest BCUT2D eigenvalue weighted by Crippen LogP contribution is 2.34. The van der Waals surface area contributed by atoms with Crippen molar-refractivity contribution in [3.8, 4) is 0 Å². The maximum Gasteiger partial charge on any atom is 0.178 e. The number of hydrogen-bond acceptors (Lipinski definition) is 3. The molecule has 0 aliphatic heterocycles. The zero-order valence-corrected chi connectivity index (χ0v) is 12.5. The fourth-order valence-corrected chi connectivity index (χ4v) is 3.13. The Morgan fingerprint density at radius 3 is 2.32 bits per heavy atom. The summed E-state index contributed by atoms with van der Waals surface area (Å²) in [5, 5.41) is 3.50. The molecule has 0 saturated heterocycles. The fraction of sp³-hybridized carbons (Fsp3) is 0.600. The van der Waals surface area contributed by atoms with Gasteiger partial charge in [-0.3, -0.25) is 0 Å². The Kier molecular flexibility index (Phi) is 4.50. The molecule has 1 N–H and O–H groups in total. The summed E-state index contributed by atoms with van der Waals surface area (Å²) in [7, 11) is -3.09. The minimum absolute atomic E-state index is 0.152. The summed E-state index contributed by atoms with van der Waals surface area (Å²) in [6.45, 7) is 3.86. The van der Waals surface area contributed by atoms with Gasteiger partial charge in [0.2, 0.25) is 0 Å². The second-order valence-electron chi connectivity index (χ2n) is 5.36. The molecule has 3 nitrogen and oxygen atoms in total. The standard InChI is InChI=1S/C15H23NO2S/c1-3-13(11-12-5-6-12)16-14-7-9-15(10-8-14)19(17,18)4-2/h7-10,12-13,16H,3-6,11H2,1-2H3. The third-order valence-electron chi connectivity index (χ3n) is 3.77. The molecule has 1 aliphatic rings. The van der Waals surface area contributed by atoms with Gasteiger partial charge in [-0.15, -0.1) is 0 Å². The maximum absolute atomic E-state index is 11.7. The highest BCUT2D eigenvalue weighted by atomic mass is 32.2. The van der Waals surface area contributed by atoms with Crippen molar-refractivity contribution >= 4 is 15.5 Å². The zero-order valence-electron chi connectivity index (χ0n) is 11.7. The predicted molar refractivity (Wildman–Crippen MR) is 79.2 cm³/mol. The van der Waals surface area contributed by atoms with Crippen LogP contribution in [0.15, 0.2) is 29.2 Å². The van der Waals surface area contributed by atoms with E-state index in [9.17, 15) is 8.42 Å². The summed E-state index contributed by atoms with van der Waals surface area (Å²) in [5.74, 6) is 1.05. The molecule has 1 unspecified atom stereocenters. The van der Waals surface area contributed by atoms with Gasteiger partial charge in [0.15, 0.2) is 9.84 Å². The number of nitrogens with one attached hydrogen (secondary N) is 1. The second kappa shape index (κ2) is 5.95. The van der Waals surface area contributed by atoms with Crippen LogP contribution < -0.4 is 5.32 Å². The van der Waals surface area contributed by atoms with Crippen molar-refractivity contribution in [1.29, 1.82) is 0 Å². The predicted octanol–water partition coefficient (Wildman–Crippen LogP) is 3.47. The van der Waals surface area contributed by atoms with Crippen LogP contribution in [0.2, 0.25) is 0 Å². The summed E-state index contributed by atoms with van der Waals surface area (Å²) in [5.41, 5.74) is 1.02. The van der Waals surface area contributed by atoms with Gasteiger partial charge in [0.1, 0.15) is 0 Å². The van der Waals surface area contributed by atoms with Crippen LogP contribution in [0.25, 0.3) is 0 Å². The van der Waals surface area contributed by atoms with E-state index in [1.165, 1.54) is 19.3 Å². The van der Waals surface area contributed by atoms with E-state index in [0.29, 0.717) is 10.9 Å². The lowest BCUT2D eigenvalue weighted by Gasteiger charge is -2.18. The van der Waals surface area contributed by atoms with E-state index in [-0.39, 0.29) is 5.75 Å². The average molecular weight is 281 g/mol. The Balaban J connectivity index is 2.01. The van der Waals surface area contributed by atoms with Crippen LogP contribution in [0.5, 0.6) is 0 Å². The van der Waals surface area contributed by atoms with Gasteiger partial charge in [0.25, 0.3) is 0 Å². The second-order valence-corrected chi connectivity index (χ2v) is 7.63. The Labute approximate surface area is 116 Å². The topological polar surface area (TPSA) is 46.2 Å². The Morgan fingerprint density at radius 1 is 1.21 bits per heavy atom. The van der Waals surface area contributed by atoms with Gasteiger partial charge in [0, 0.05) is 11.7 Å². The monoisotopic (exact) mass is 281 g/mol. The van der Waals surface area contributed by atoms with Gasteiger partial charge in [-0.1, -0.05) is 26.7 Å². The molecular formula is C15H23NO2S. The molecule has 2 rings (SSSR count). The highest BCUT2D eigenvalue weighted by Gasteiger charge is 2.24. The van der Waals surface area contributed by atoms with Crippen molar-refractivity contribution < 1.29 is 8.42 Å². The van der Waals surface area contributed by atoms with Crippen molar-refractivity contribution in [3.05, 3.63) is 24.3 Å². The van der Waals surface area contributed by atoms with E-state index in [1.807, 2.05) is 12.1 Å². The number of hydrogen-bond donors (Lipinski definition) is 1. The molecule has 1 saturated carbocycles. The van der Waals surface area contributed by atoms with E-state index in [1.54, 1.807) is 19.1 Å². The van der Waals surface area contributed by atoms with Crippen LogP contribution in [0, 0.1) is 5.92 Å². The van der Waals surface area contributed by atoms with Gasteiger partial charge >= 0.3 is 0 Å². The summed E-state index contributed by atoms with van der Waals surface area (Å²) in [6, 6.07) is 7.65. The van der Waals surface area contributed by atoms with Crippen molar-refractivity contribution in [3.63, 3.8) is 0 Å². The number of anilines is 1. The largest absolute Gasteiger partial charge is 0.382 e. The quantitative estimate of drug-likeness (QED) is 0.832. The minimum atomic E-state index is -3.09. The molecule has 106 valence electrons.